The quantitative estimate of drug-likeness (QED) is 0.456. The zero-order chi connectivity index (χ0) is 19.6. The molecule has 1 amide bonds. The lowest BCUT2D eigenvalue weighted by Crippen LogP contribution is -2.35. The van der Waals surface area contributed by atoms with Crippen LogP contribution in [0.25, 0.3) is 10.8 Å². The van der Waals surface area contributed by atoms with Gasteiger partial charge in [-0.25, -0.2) is 9.79 Å². The van der Waals surface area contributed by atoms with Crippen LogP contribution in [-0.4, -0.2) is 35.2 Å². The van der Waals surface area contributed by atoms with Crippen molar-refractivity contribution in [1.29, 1.82) is 0 Å². The first kappa shape index (κ1) is 18.2. The van der Waals surface area contributed by atoms with Gasteiger partial charge in [0.25, 0.3) is 0 Å². The highest BCUT2D eigenvalue weighted by Gasteiger charge is 2.40. The van der Waals surface area contributed by atoms with E-state index in [2.05, 4.69) is 4.99 Å². The molecule has 0 aromatic heterocycles. The van der Waals surface area contributed by atoms with Crippen LogP contribution < -0.4 is 4.74 Å². The van der Waals surface area contributed by atoms with Gasteiger partial charge < -0.3 is 9.47 Å². The molecule has 1 heterocycles. The maximum absolute atomic E-state index is 12.9. The third-order valence-corrected chi connectivity index (χ3v) is 3.96. The van der Waals surface area contributed by atoms with Gasteiger partial charge in [-0.05, 0) is 30.7 Å². The summed E-state index contributed by atoms with van der Waals surface area (Å²) in [6.07, 6.45) is 1.22. The predicted octanol–water partition coefficient (Wildman–Crippen LogP) is 2.93. The van der Waals surface area contributed by atoms with Crippen molar-refractivity contribution < 1.29 is 24.0 Å². The molecule has 0 saturated heterocycles. The Hall–Kier alpha value is -3.55. The topological polar surface area (TPSA) is 108 Å². The van der Waals surface area contributed by atoms with E-state index >= 15 is 0 Å². The molecular weight excluding hydrogens is 352 g/mol. The lowest BCUT2D eigenvalue weighted by Gasteiger charge is -2.17. The van der Waals surface area contributed by atoms with E-state index in [1.807, 2.05) is 12.1 Å². The third-order valence-electron chi connectivity index (χ3n) is 3.96. The molecule has 0 spiro atoms. The predicted molar refractivity (Wildman–Crippen MR) is 97.5 cm³/mol. The largest absolute Gasteiger partial charge is 0.493 e. The van der Waals surface area contributed by atoms with Crippen LogP contribution in [0.15, 0.2) is 53.2 Å². The van der Waals surface area contributed by atoms with Crippen molar-refractivity contribution in [2.75, 3.05) is 6.61 Å². The fraction of sp³-hybridized carbons (Fsp3) is 0.211. The second-order valence-corrected chi connectivity index (χ2v) is 5.81. The van der Waals surface area contributed by atoms with Crippen molar-refractivity contribution in [3.8, 4) is 5.75 Å². The lowest BCUT2D eigenvalue weighted by atomic mass is 10.0. The molecule has 138 valence electrons. The summed E-state index contributed by atoms with van der Waals surface area (Å²) in [5.41, 5.74) is 0.370. The van der Waals surface area contributed by atoms with Crippen LogP contribution in [0.4, 0.5) is 0 Å². The Morgan fingerprint density at radius 2 is 2.00 bits per heavy atom. The van der Waals surface area contributed by atoms with Crippen LogP contribution in [0.1, 0.15) is 24.2 Å². The molecule has 1 aliphatic heterocycles. The Kier molecular flexibility index (Phi) is 4.98. The third kappa shape index (κ3) is 3.55. The number of nitro groups is 1. The summed E-state index contributed by atoms with van der Waals surface area (Å²) in [5.74, 6) is -1.88. The summed E-state index contributed by atoms with van der Waals surface area (Å²) < 4.78 is 10.8. The maximum atomic E-state index is 12.9. The summed E-state index contributed by atoms with van der Waals surface area (Å²) in [6, 6.07) is 8.73. The first-order chi connectivity index (χ1) is 12.9. The number of rotatable bonds is 5. The monoisotopic (exact) mass is 368 g/mol. The Bertz CT molecular complexity index is 1010. The number of amides is 1. The highest BCUT2D eigenvalue weighted by atomic mass is 16.6. The van der Waals surface area contributed by atoms with Crippen LogP contribution in [0.2, 0.25) is 0 Å². The zero-order valence-electron chi connectivity index (χ0n) is 14.7. The van der Waals surface area contributed by atoms with Crippen molar-refractivity contribution in [2.24, 2.45) is 4.99 Å². The molecule has 2 aromatic rings. The molecule has 0 aliphatic carbocycles. The molecular formula is C19H16N2O6. The minimum absolute atomic E-state index is 0.144. The molecule has 0 radical (unpaired) electrons. The molecule has 0 N–H and O–H groups in total. The van der Waals surface area contributed by atoms with Crippen molar-refractivity contribution in [3.63, 3.8) is 0 Å². The van der Waals surface area contributed by atoms with E-state index in [0.29, 0.717) is 17.7 Å². The van der Waals surface area contributed by atoms with Crippen LogP contribution in [-0.2, 0) is 9.53 Å². The van der Waals surface area contributed by atoms with Crippen LogP contribution in [0.5, 0.6) is 5.75 Å². The number of esters is 1. The number of carbonyl (C=O) groups excluding carboxylic acids is 2. The Morgan fingerprint density at radius 3 is 2.70 bits per heavy atom. The van der Waals surface area contributed by atoms with Crippen molar-refractivity contribution >= 4 is 28.4 Å². The first-order valence-electron chi connectivity index (χ1n) is 8.23. The second kappa shape index (κ2) is 7.36. The van der Waals surface area contributed by atoms with Gasteiger partial charge >= 0.3 is 17.9 Å². The van der Waals surface area contributed by atoms with E-state index in [-0.39, 0.29) is 17.0 Å². The summed E-state index contributed by atoms with van der Waals surface area (Å²) in [6.45, 7) is 3.59. The molecule has 8 heteroatoms. The highest BCUT2D eigenvalue weighted by molar-refractivity contribution is 6.09. The zero-order valence-corrected chi connectivity index (χ0v) is 14.7. The van der Waals surface area contributed by atoms with E-state index in [1.54, 1.807) is 31.2 Å². The Balaban J connectivity index is 2.05. The first-order valence-corrected chi connectivity index (χ1v) is 8.23. The molecule has 0 fully saturated rings. The molecule has 8 nitrogen and oxygen atoms in total. The normalized spacial score (nSPS) is 16.5. The van der Waals surface area contributed by atoms with Gasteiger partial charge in [-0.2, -0.15) is 0 Å². The molecule has 2 aromatic carbocycles. The average molecular weight is 368 g/mol. The summed E-state index contributed by atoms with van der Waals surface area (Å²) >= 11 is 0. The minimum atomic E-state index is -1.84. The number of hydrogen-bond donors (Lipinski definition) is 0. The summed E-state index contributed by atoms with van der Waals surface area (Å²) in [4.78, 5) is 38.7. The summed E-state index contributed by atoms with van der Waals surface area (Å²) in [7, 11) is 0. The van der Waals surface area contributed by atoms with Crippen molar-refractivity contribution in [3.05, 3.63) is 63.9 Å². The van der Waals surface area contributed by atoms with Gasteiger partial charge in [-0.3, -0.25) is 14.9 Å². The smallest absolute Gasteiger partial charge is 0.348 e. The van der Waals surface area contributed by atoms with E-state index in [1.165, 1.54) is 13.0 Å². The molecule has 3 rings (SSSR count). The molecule has 1 unspecified atom stereocenters. The maximum Gasteiger partial charge on any atom is 0.348 e. The fourth-order valence-electron chi connectivity index (χ4n) is 2.85. The van der Waals surface area contributed by atoms with Gasteiger partial charge in [0.2, 0.25) is 0 Å². The van der Waals surface area contributed by atoms with Gasteiger partial charge in [-0.1, -0.05) is 30.3 Å². The number of fused-ring (bicyclic) bond motifs is 1. The number of carbonyl (C=O) groups is 2. The van der Waals surface area contributed by atoms with Crippen LogP contribution in [0.3, 0.4) is 0 Å². The Morgan fingerprint density at radius 1 is 1.26 bits per heavy atom. The van der Waals surface area contributed by atoms with Gasteiger partial charge in [0.15, 0.2) is 5.76 Å². The van der Waals surface area contributed by atoms with Crippen molar-refractivity contribution in [1.82, 2.24) is 0 Å². The number of nitrogens with zero attached hydrogens (tertiary/aromatic N) is 2. The number of hydrogen-bond acceptors (Lipinski definition) is 6. The minimum Gasteiger partial charge on any atom is -0.493 e. The van der Waals surface area contributed by atoms with E-state index < -0.39 is 22.8 Å². The fourth-order valence-corrected chi connectivity index (χ4v) is 2.85. The number of ether oxygens (including phenoxy) is 2. The SMILES string of the molecule is CCOc1ccc2ccccc2c1C(=O)OC1=CC(C)=NC(=O)C1[N+](=O)[O-]. The molecule has 1 atom stereocenters. The average Bonchev–Trinajstić information content (AvgIpc) is 2.60. The molecule has 1 aliphatic rings. The van der Waals surface area contributed by atoms with Crippen molar-refractivity contribution in [2.45, 2.75) is 19.9 Å². The van der Waals surface area contributed by atoms with Crippen LogP contribution >= 0.6 is 0 Å². The molecule has 0 bridgehead atoms. The van der Waals surface area contributed by atoms with Gasteiger partial charge in [0.05, 0.1) is 6.61 Å². The molecule has 27 heavy (non-hydrogen) atoms. The Labute approximate surface area is 154 Å². The van der Waals surface area contributed by atoms with Crippen LogP contribution in [0, 0.1) is 10.1 Å². The van der Waals surface area contributed by atoms with Gasteiger partial charge in [0, 0.05) is 16.7 Å². The van der Waals surface area contributed by atoms with Gasteiger partial charge in [0.1, 0.15) is 11.3 Å². The van der Waals surface area contributed by atoms with E-state index in [4.69, 9.17) is 9.47 Å². The molecule has 0 saturated carbocycles. The standard InChI is InChI=1S/C19H16N2O6/c1-3-26-14-9-8-12-6-4-5-7-13(12)16(14)19(23)27-15-10-11(2)20-18(22)17(15)21(24)25/h4-10,17H,3H2,1-2H3. The number of benzene rings is 2. The number of dihydropyridines is 1. The highest BCUT2D eigenvalue weighted by Crippen LogP contribution is 2.30. The van der Waals surface area contributed by atoms with E-state index in [0.717, 1.165) is 5.39 Å². The lowest BCUT2D eigenvalue weighted by molar-refractivity contribution is -0.501. The summed E-state index contributed by atoms with van der Waals surface area (Å²) in [5, 5.41) is 12.6. The second-order valence-electron chi connectivity index (χ2n) is 5.81. The number of aliphatic imine (C=N–C) groups is 1. The van der Waals surface area contributed by atoms with E-state index in [9.17, 15) is 19.7 Å². The van der Waals surface area contributed by atoms with Gasteiger partial charge in [-0.15, -0.1) is 0 Å². The number of allylic oxidation sites excluding steroid dienone is 1.